The summed E-state index contributed by atoms with van der Waals surface area (Å²) in [7, 11) is 0. The lowest BCUT2D eigenvalue weighted by molar-refractivity contribution is -0.384. The molecule has 0 spiro atoms. The molecule has 0 radical (unpaired) electrons. The number of hydrogen-bond acceptors (Lipinski definition) is 5. The molecule has 1 N–H and O–H groups in total. The number of rotatable bonds is 7. The smallest absolute Gasteiger partial charge is 0.292 e. The Hall–Kier alpha value is -1.66. The maximum atomic E-state index is 11.1. The minimum absolute atomic E-state index is 0.0993. The Labute approximate surface area is 118 Å². The second-order valence-corrected chi connectivity index (χ2v) is 4.83. The molecule has 2 rings (SSSR count). The van der Waals surface area contributed by atoms with Gasteiger partial charge < -0.3 is 14.8 Å². The monoisotopic (exact) mass is 280 g/mol. The van der Waals surface area contributed by atoms with Crippen molar-refractivity contribution in [2.24, 2.45) is 0 Å². The zero-order valence-electron chi connectivity index (χ0n) is 11.6. The summed E-state index contributed by atoms with van der Waals surface area (Å²) in [5, 5.41) is 14.2. The van der Waals surface area contributed by atoms with Crippen molar-refractivity contribution in [3.05, 3.63) is 33.9 Å². The molecule has 1 fully saturated rings. The molecule has 6 nitrogen and oxygen atoms in total. The number of nitrogens with zero attached hydrogens (tertiary/aromatic N) is 1. The lowest BCUT2D eigenvalue weighted by Gasteiger charge is -2.11. The summed E-state index contributed by atoms with van der Waals surface area (Å²) in [5.74, 6) is 0. The maximum Gasteiger partial charge on any atom is 0.292 e. The van der Waals surface area contributed by atoms with Crippen LogP contribution in [-0.4, -0.2) is 30.8 Å². The molecule has 1 aliphatic heterocycles. The lowest BCUT2D eigenvalue weighted by atomic mass is 10.1. The highest BCUT2D eigenvalue weighted by molar-refractivity contribution is 5.62. The summed E-state index contributed by atoms with van der Waals surface area (Å²) in [5.41, 5.74) is 1.47. The largest absolute Gasteiger partial charge is 0.380 e. The van der Waals surface area contributed by atoms with Crippen LogP contribution < -0.4 is 5.32 Å². The molecule has 1 unspecified atom stereocenters. The Kier molecular flexibility index (Phi) is 5.31. The van der Waals surface area contributed by atoms with Crippen LogP contribution in [0.2, 0.25) is 0 Å². The molecule has 0 bridgehead atoms. The van der Waals surface area contributed by atoms with E-state index in [0.29, 0.717) is 18.9 Å². The van der Waals surface area contributed by atoms with E-state index >= 15 is 0 Å². The molecule has 1 aliphatic rings. The van der Waals surface area contributed by atoms with Gasteiger partial charge >= 0.3 is 0 Å². The SMILES string of the molecule is CCCNc1ccc(COC2CCOC2)cc1[N+](=O)[O-]. The molecule has 0 aromatic heterocycles. The van der Waals surface area contributed by atoms with Gasteiger partial charge in [0.05, 0.1) is 24.2 Å². The number of nitro benzene ring substituents is 1. The van der Waals surface area contributed by atoms with Crippen molar-refractivity contribution in [2.75, 3.05) is 25.1 Å². The molecule has 1 saturated heterocycles. The molecule has 0 saturated carbocycles. The minimum Gasteiger partial charge on any atom is -0.380 e. The van der Waals surface area contributed by atoms with Crippen molar-refractivity contribution < 1.29 is 14.4 Å². The topological polar surface area (TPSA) is 73.6 Å². The van der Waals surface area contributed by atoms with Crippen molar-refractivity contribution in [2.45, 2.75) is 32.5 Å². The van der Waals surface area contributed by atoms with Gasteiger partial charge in [0, 0.05) is 19.2 Å². The van der Waals surface area contributed by atoms with Gasteiger partial charge in [0.2, 0.25) is 0 Å². The van der Waals surface area contributed by atoms with E-state index in [2.05, 4.69) is 5.32 Å². The standard InChI is InChI=1S/C14H20N2O4/c1-2-6-15-13-4-3-11(8-14(13)16(17)18)9-20-12-5-7-19-10-12/h3-4,8,12,15H,2,5-7,9-10H2,1H3. The minimum atomic E-state index is -0.361. The fourth-order valence-corrected chi connectivity index (χ4v) is 2.09. The number of nitrogens with one attached hydrogen (secondary N) is 1. The van der Waals surface area contributed by atoms with E-state index in [1.807, 2.05) is 13.0 Å². The summed E-state index contributed by atoms with van der Waals surface area (Å²) in [4.78, 5) is 10.7. The van der Waals surface area contributed by atoms with Crippen LogP contribution >= 0.6 is 0 Å². The lowest BCUT2D eigenvalue weighted by Crippen LogP contribution is -2.12. The van der Waals surface area contributed by atoms with Gasteiger partial charge in [-0.1, -0.05) is 13.0 Å². The normalized spacial score (nSPS) is 18.1. The first-order valence-corrected chi connectivity index (χ1v) is 6.91. The second kappa shape index (κ2) is 7.21. The molecule has 1 atom stereocenters. The van der Waals surface area contributed by atoms with Crippen LogP contribution in [0.15, 0.2) is 18.2 Å². The third-order valence-corrected chi connectivity index (χ3v) is 3.20. The van der Waals surface area contributed by atoms with Crippen LogP contribution in [0.25, 0.3) is 0 Å². The highest BCUT2D eigenvalue weighted by Gasteiger charge is 2.18. The summed E-state index contributed by atoms with van der Waals surface area (Å²) in [6.45, 7) is 4.45. The van der Waals surface area contributed by atoms with Gasteiger partial charge in [0.1, 0.15) is 5.69 Å². The van der Waals surface area contributed by atoms with E-state index in [0.717, 1.165) is 31.6 Å². The first-order chi connectivity index (χ1) is 9.70. The number of ether oxygens (including phenoxy) is 2. The number of nitro groups is 1. The Morgan fingerprint density at radius 2 is 2.40 bits per heavy atom. The molecule has 6 heteroatoms. The number of hydrogen-bond donors (Lipinski definition) is 1. The summed E-state index contributed by atoms with van der Waals surface area (Å²) < 4.78 is 10.9. The van der Waals surface area contributed by atoms with Crippen molar-refractivity contribution >= 4 is 11.4 Å². The van der Waals surface area contributed by atoms with E-state index in [-0.39, 0.29) is 16.7 Å². The van der Waals surface area contributed by atoms with Crippen molar-refractivity contribution in [1.82, 2.24) is 0 Å². The zero-order valence-corrected chi connectivity index (χ0v) is 11.6. The molecule has 20 heavy (non-hydrogen) atoms. The molecule has 1 aromatic rings. The zero-order chi connectivity index (χ0) is 14.4. The Bertz CT molecular complexity index is 458. The summed E-state index contributed by atoms with van der Waals surface area (Å²) in [6.07, 6.45) is 1.91. The van der Waals surface area contributed by atoms with Crippen molar-refractivity contribution in [3.63, 3.8) is 0 Å². The van der Waals surface area contributed by atoms with E-state index in [9.17, 15) is 10.1 Å². The van der Waals surface area contributed by atoms with Crippen molar-refractivity contribution in [3.8, 4) is 0 Å². The van der Waals surface area contributed by atoms with E-state index in [4.69, 9.17) is 9.47 Å². The van der Waals surface area contributed by atoms with Crippen LogP contribution in [0, 0.1) is 10.1 Å². The van der Waals surface area contributed by atoms with Gasteiger partial charge in [-0.05, 0) is 24.5 Å². The number of anilines is 1. The predicted molar refractivity (Wildman–Crippen MR) is 75.9 cm³/mol. The van der Waals surface area contributed by atoms with Gasteiger partial charge in [-0.2, -0.15) is 0 Å². The van der Waals surface area contributed by atoms with Gasteiger partial charge in [-0.15, -0.1) is 0 Å². The van der Waals surface area contributed by atoms with Crippen LogP contribution in [0.3, 0.4) is 0 Å². The van der Waals surface area contributed by atoms with Crippen LogP contribution in [0.5, 0.6) is 0 Å². The van der Waals surface area contributed by atoms with Crippen LogP contribution in [0.1, 0.15) is 25.3 Å². The predicted octanol–water partition coefficient (Wildman–Crippen LogP) is 2.72. The van der Waals surface area contributed by atoms with Gasteiger partial charge in [0.15, 0.2) is 0 Å². The van der Waals surface area contributed by atoms with Crippen LogP contribution in [-0.2, 0) is 16.1 Å². The molecule has 0 amide bonds. The Morgan fingerprint density at radius 3 is 3.05 bits per heavy atom. The maximum absolute atomic E-state index is 11.1. The highest BCUT2D eigenvalue weighted by atomic mass is 16.6. The molecular formula is C14H20N2O4. The second-order valence-electron chi connectivity index (χ2n) is 4.83. The van der Waals surface area contributed by atoms with Gasteiger partial charge in [-0.25, -0.2) is 0 Å². The molecule has 1 aromatic carbocycles. The molecule has 0 aliphatic carbocycles. The van der Waals surface area contributed by atoms with E-state index < -0.39 is 0 Å². The molecular weight excluding hydrogens is 260 g/mol. The first kappa shape index (κ1) is 14.7. The van der Waals surface area contributed by atoms with Gasteiger partial charge in [0.25, 0.3) is 5.69 Å². The van der Waals surface area contributed by atoms with Crippen molar-refractivity contribution in [1.29, 1.82) is 0 Å². The van der Waals surface area contributed by atoms with Crippen LogP contribution in [0.4, 0.5) is 11.4 Å². The summed E-state index contributed by atoms with van der Waals surface area (Å²) >= 11 is 0. The van der Waals surface area contributed by atoms with E-state index in [1.54, 1.807) is 12.1 Å². The third-order valence-electron chi connectivity index (χ3n) is 3.20. The first-order valence-electron chi connectivity index (χ1n) is 6.91. The third kappa shape index (κ3) is 3.91. The summed E-state index contributed by atoms with van der Waals surface area (Å²) in [6, 6.07) is 5.19. The highest BCUT2D eigenvalue weighted by Crippen LogP contribution is 2.26. The Morgan fingerprint density at radius 1 is 1.55 bits per heavy atom. The quantitative estimate of drug-likeness (QED) is 0.614. The van der Waals surface area contributed by atoms with Gasteiger partial charge in [-0.3, -0.25) is 10.1 Å². The Balaban J connectivity index is 2.02. The molecule has 1 heterocycles. The fourth-order valence-electron chi connectivity index (χ4n) is 2.09. The average Bonchev–Trinajstić information content (AvgIpc) is 2.96. The average molecular weight is 280 g/mol. The fraction of sp³-hybridized carbons (Fsp3) is 0.571. The van der Waals surface area contributed by atoms with E-state index in [1.165, 1.54) is 0 Å². The number of benzene rings is 1. The molecule has 110 valence electrons.